The van der Waals surface area contributed by atoms with Gasteiger partial charge in [-0.3, -0.25) is 9.59 Å². The zero-order chi connectivity index (χ0) is 21.9. The van der Waals surface area contributed by atoms with Gasteiger partial charge in [-0.1, -0.05) is 24.3 Å². The number of benzene rings is 2. The van der Waals surface area contributed by atoms with Crippen LogP contribution in [0, 0.1) is 5.82 Å². The van der Waals surface area contributed by atoms with Crippen molar-refractivity contribution in [1.29, 1.82) is 0 Å². The van der Waals surface area contributed by atoms with E-state index in [4.69, 9.17) is 0 Å². The van der Waals surface area contributed by atoms with Gasteiger partial charge in [-0.2, -0.15) is 13.2 Å². The van der Waals surface area contributed by atoms with E-state index in [1.165, 1.54) is 11.8 Å². The number of fused-ring (bicyclic) bond motifs is 1. The summed E-state index contributed by atoms with van der Waals surface area (Å²) < 4.78 is 55.6. The summed E-state index contributed by atoms with van der Waals surface area (Å²) in [6.45, 7) is -0.223. The quantitative estimate of drug-likeness (QED) is 0.713. The molecule has 0 unspecified atom stereocenters. The van der Waals surface area contributed by atoms with Crippen LogP contribution in [0.25, 0.3) is 6.08 Å². The number of rotatable bonds is 5. The number of anilines is 1. The molecule has 158 valence electrons. The summed E-state index contributed by atoms with van der Waals surface area (Å²) in [6, 6.07) is 9.42. The van der Waals surface area contributed by atoms with E-state index in [2.05, 4.69) is 10.1 Å². The summed E-state index contributed by atoms with van der Waals surface area (Å²) in [6.07, 6.45) is -1.45. The lowest BCUT2D eigenvalue weighted by atomic mass is 9.93. The largest absolute Gasteiger partial charge is 0.482 e. The SMILES string of the molecule is CC(=O)N1C=Cc2ccccc2[C@@H]1CC(=O)Nc1cc(F)ccc1OCC(F)(F)F. The number of halogens is 4. The van der Waals surface area contributed by atoms with Crippen LogP contribution in [0.15, 0.2) is 48.7 Å². The predicted octanol–water partition coefficient (Wildman–Crippen LogP) is 4.67. The van der Waals surface area contributed by atoms with Gasteiger partial charge in [0, 0.05) is 19.2 Å². The van der Waals surface area contributed by atoms with Crippen LogP contribution in [-0.2, 0) is 9.59 Å². The Bertz CT molecular complexity index is 988. The highest BCUT2D eigenvalue weighted by Gasteiger charge is 2.30. The fraction of sp³-hybridized carbons (Fsp3) is 0.238. The Morgan fingerprint density at radius 3 is 2.60 bits per heavy atom. The summed E-state index contributed by atoms with van der Waals surface area (Å²) in [5.41, 5.74) is 1.36. The molecule has 5 nitrogen and oxygen atoms in total. The van der Waals surface area contributed by atoms with E-state index in [0.717, 1.165) is 29.3 Å². The topological polar surface area (TPSA) is 58.6 Å². The van der Waals surface area contributed by atoms with E-state index in [-0.39, 0.29) is 23.8 Å². The predicted molar refractivity (Wildman–Crippen MR) is 102 cm³/mol. The maximum absolute atomic E-state index is 13.6. The van der Waals surface area contributed by atoms with Gasteiger partial charge in [0.25, 0.3) is 0 Å². The van der Waals surface area contributed by atoms with Crippen molar-refractivity contribution in [3.05, 3.63) is 65.6 Å². The second-order valence-corrected chi connectivity index (χ2v) is 6.68. The number of nitrogens with one attached hydrogen (secondary N) is 1. The number of hydrogen-bond donors (Lipinski definition) is 1. The Morgan fingerprint density at radius 1 is 1.17 bits per heavy atom. The molecule has 2 amide bonds. The molecule has 9 heteroatoms. The highest BCUT2D eigenvalue weighted by Crippen LogP contribution is 2.34. The maximum atomic E-state index is 13.6. The molecule has 1 aliphatic heterocycles. The summed E-state index contributed by atoms with van der Waals surface area (Å²) in [5, 5.41) is 2.39. The molecule has 1 aliphatic rings. The molecule has 0 aliphatic carbocycles. The first-order valence-corrected chi connectivity index (χ1v) is 8.99. The Balaban J connectivity index is 1.80. The normalized spacial score (nSPS) is 15.5. The van der Waals surface area contributed by atoms with Crippen LogP contribution in [0.1, 0.15) is 30.5 Å². The smallest absolute Gasteiger partial charge is 0.422 e. The Kier molecular flexibility index (Phi) is 6.09. The van der Waals surface area contributed by atoms with Crippen LogP contribution < -0.4 is 10.1 Å². The van der Waals surface area contributed by atoms with Crippen molar-refractivity contribution >= 4 is 23.6 Å². The average Bonchev–Trinajstić information content (AvgIpc) is 2.66. The van der Waals surface area contributed by atoms with Crippen molar-refractivity contribution in [2.24, 2.45) is 0 Å². The van der Waals surface area contributed by atoms with Gasteiger partial charge in [-0.25, -0.2) is 4.39 Å². The standard InChI is InChI=1S/C21H18F4N2O3/c1-13(28)27-9-8-14-4-2-3-5-16(14)18(27)11-20(29)26-17-10-15(22)6-7-19(17)30-12-21(23,24)25/h2-10,18H,11-12H2,1H3,(H,26,29)/t18-/m0/s1. The van der Waals surface area contributed by atoms with Crippen molar-refractivity contribution in [2.45, 2.75) is 25.6 Å². The summed E-state index contributed by atoms with van der Waals surface area (Å²) in [7, 11) is 0. The second-order valence-electron chi connectivity index (χ2n) is 6.68. The number of ether oxygens (including phenoxy) is 1. The van der Waals surface area contributed by atoms with E-state index >= 15 is 0 Å². The molecule has 2 aromatic rings. The van der Waals surface area contributed by atoms with Crippen molar-refractivity contribution in [3.8, 4) is 5.75 Å². The summed E-state index contributed by atoms with van der Waals surface area (Å²) in [4.78, 5) is 26.1. The molecule has 0 fully saturated rings. The van der Waals surface area contributed by atoms with Gasteiger partial charge in [-0.05, 0) is 29.3 Å². The third-order valence-corrected chi connectivity index (χ3v) is 4.45. The van der Waals surface area contributed by atoms with Gasteiger partial charge in [-0.15, -0.1) is 0 Å². The van der Waals surface area contributed by atoms with E-state index in [1.807, 2.05) is 12.1 Å². The number of nitrogens with zero attached hydrogens (tertiary/aromatic N) is 1. The molecule has 1 N–H and O–H groups in total. The van der Waals surface area contributed by atoms with Gasteiger partial charge in [0.05, 0.1) is 18.2 Å². The van der Waals surface area contributed by atoms with Gasteiger partial charge in [0.2, 0.25) is 11.8 Å². The fourth-order valence-electron chi connectivity index (χ4n) is 3.18. The molecular weight excluding hydrogens is 404 g/mol. The number of carbonyl (C=O) groups excluding carboxylic acids is 2. The summed E-state index contributed by atoms with van der Waals surface area (Å²) >= 11 is 0. The lowest BCUT2D eigenvalue weighted by Crippen LogP contribution is -2.33. The first-order valence-electron chi connectivity index (χ1n) is 8.99. The average molecular weight is 422 g/mol. The Hall–Kier alpha value is -3.36. The van der Waals surface area contributed by atoms with Crippen LogP contribution in [-0.4, -0.2) is 29.5 Å². The van der Waals surface area contributed by atoms with Crippen LogP contribution in [0.5, 0.6) is 5.75 Å². The minimum atomic E-state index is -4.59. The van der Waals surface area contributed by atoms with Crippen molar-refractivity contribution < 1.29 is 31.9 Å². The van der Waals surface area contributed by atoms with Gasteiger partial charge >= 0.3 is 6.18 Å². The minimum Gasteiger partial charge on any atom is -0.482 e. The molecule has 0 radical (unpaired) electrons. The highest BCUT2D eigenvalue weighted by atomic mass is 19.4. The number of alkyl halides is 3. The first kappa shape index (κ1) is 21.4. The molecule has 0 aromatic heterocycles. The lowest BCUT2D eigenvalue weighted by molar-refractivity contribution is -0.153. The maximum Gasteiger partial charge on any atom is 0.422 e. The van der Waals surface area contributed by atoms with Crippen LogP contribution in [0.2, 0.25) is 0 Å². The zero-order valence-corrected chi connectivity index (χ0v) is 15.9. The van der Waals surface area contributed by atoms with E-state index in [1.54, 1.807) is 24.4 Å². The Labute approximate surface area is 169 Å². The first-order chi connectivity index (χ1) is 14.1. The molecule has 0 spiro atoms. The molecule has 2 aromatic carbocycles. The van der Waals surface area contributed by atoms with Gasteiger partial charge < -0.3 is 15.0 Å². The minimum absolute atomic E-state index is 0.184. The number of carbonyl (C=O) groups is 2. The van der Waals surface area contributed by atoms with Crippen molar-refractivity contribution in [3.63, 3.8) is 0 Å². The number of hydrogen-bond acceptors (Lipinski definition) is 3. The molecule has 0 bridgehead atoms. The third kappa shape index (κ3) is 5.16. The number of amides is 2. The molecule has 1 atom stereocenters. The molecule has 0 saturated carbocycles. The van der Waals surface area contributed by atoms with E-state index in [9.17, 15) is 27.2 Å². The van der Waals surface area contributed by atoms with Crippen molar-refractivity contribution in [1.82, 2.24) is 4.90 Å². The fourth-order valence-corrected chi connectivity index (χ4v) is 3.18. The highest BCUT2D eigenvalue weighted by molar-refractivity contribution is 5.93. The summed E-state index contributed by atoms with van der Waals surface area (Å²) in [5.74, 6) is -1.95. The molecule has 0 saturated heterocycles. The third-order valence-electron chi connectivity index (χ3n) is 4.45. The van der Waals surface area contributed by atoms with Crippen LogP contribution in [0.3, 0.4) is 0 Å². The van der Waals surface area contributed by atoms with E-state index in [0.29, 0.717) is 0 Å². The Morgan fingerprint density at radius 2 is 1.90 bits per heavy atom. The molecule has 3 rings (SSSR count). The van der Waals surface area contributed by atoms with E-state index < -0.39 is 30.5 Å². The molecule has 30 heavy (non-hydrogen) atoms. The van der Waals surface area contributed by atoms with Gasteiger partial charge in [0.1, 0.15) is 11.6 Å². The van der Waals surface area contributed by atoms with Crippen LogP contribution in [0.4, 0.5) is 23.2 Å². The van der Waals surface area contributed by atoms with Gasteiger partial charge in [0.15, 0.2) is 6.61 Å². The molecular formula is C21H18F4N2O3. The monoisotopic (exact) mass is 422 g/mol. The lowest BCUT2D eigenvalue weighted by Gasteiger charge is -2.32. The second kappa shape index (κ2) is 8.56. The van der Waals surface area contributed by atoms with Crippen molar-refractivity contribution in [2.75, 3.05) is 11.9 Å². The zero-order valence-electron chi connectivity index (χ0n) is 15.9. The molecule has 1 heterocycles. The van der Waals surface area contributed by atoms with Crippen LogP contribution >= 0.6 is 0 Å².